The predicted molar refractivity (Wildman–Crippen MR) is 145 cm³/mol. The summed E-state index contributed by atoms with van der Waals surface area (Å²) in [6.07, 6.45) is 6.65. The SMILES string of the molecule is Cc1cc(Nc2nccc(C3CC3)n2)cc(-c2cnc([C@]3(O)CCC[N+](C(=O)O)(C(C)(C)C)CC3)s2)c1. The van der Waals surface area contributed by atoms with Crippen LogP contribution in [0.2, 0.25) is 0 Å². The summed E-state index contributed by atoms with van der Waals surface area (Å²) in [5.74, 6) is 1.16. The molecular weight excluding hydrogens is 486 g/mol. The van der Waals surface area contributed by atoms with E-state index in [2.05, 4.69) is 38.5 Å². The van der Waals surface area contributed by atoms with Gasteiger partial charge in [-0.1, -0.05) is 6.07 Å². The minimum absolute atomic E-state index is 0.0511. The standard InChI is InChI=1S/C28H35N5O3S/c1-18-14-20(16-21(15-18)31-25-29-11-8-22(32-25)19-6-7-19)23-17-30-24(37-23)28(36)9-5-12-33(13-10-28,26(34)35)27(2,3)4/h8,11,14-17,19,36H,5-7,9-10,12-13H2,1-4H3,(H-,29,31,32,34,35)/p+1/t28-,33?/m0/s1. The molecule has 0 bridgehead atoms. The molecule has 1 saturated heterocycles. The van der Waals surface area contributed by atoms with Crippen LogP contribution in [0, 0.1) is 6.92 Å². The molecule has 1 aliphatic heterocycles. The number of aromatic nitrogens is 3. The van der Waals surface area contributed by atoms with Gasteiger partial charge in [0.25, 0.3) is 0 Å². The molecule has 3 N–H and O–H groups in total. The number of hydrogen-bond acceptors (Lipinski definition) is 7. The molecular formula is C28H36N5O3S+. The van der Waals surface area contributed by atoms with Crippen molar-refractivity contribution in [1.29, 1.82) is 0 Å². The van der Waals surface area contributed by atoms with Crippen LogP contribution in [-0.2, 0) is 5.60 Å². The van der Waals surface area contributed by atoms with E-state index in [-0.39, 0.29) is 4.48 Å². The maximum atomic E-state index is 12.3. The maximum Gasteiger partial charge on any atom is 0.513 e. The maximum absolute atomic E-state index is 12.3. The number of carboxylic acid groups (broad SMARTS) is 1. The Bertz CT molecular complexity index is 1320. The summed E-state index contributed by atoms with van der Waals surface area (Å²) < 4.78 is -0.0511. The molecule has 37 heavy (non-hydrogen) atoms. The summed E-state index contributed by atoms with van der Waals surface area (Å²) in [7, 11) is 0. The first kappa shape index (κ1) is 25.8. The number of aryl methyl sites for hydroxylation is 1. The Morgan fingerprint density at radius 3 is 2.65 bits per heavy atom. The summed E-state index contributed by atoms with van der Waals surface area (Å²) in [6, 6.07) is 8.21. The van der Waals surface area contributed by atoms with Gasteiger partial charge in [-0.2, -0.15) is 4.79 Å². The molecule has 196 valence electrons. The minimum Gasteiger partial charge on any atom is -0.435 e. The largest absolute Gasteiger partial charge is 0.513 e. The van der Waals surface area contributed by atoms with E-state index in [0.717, 1.165) is 27.4 Å². The number of anilines is 2. The van der Waals surface area contributed by atoms with Crippen LogP contribution in [0.25, 0.3) is 10.4 Å². The molecule has 8 nitrogen and oxygen atoms in total. The van der Waals surface area contributed by atoms with Crippen molar-refractivity contribution in [2.24, 2.45) is 0 Å². The normalized spacial score (nSPS) is 24.5. The van der Waals surface area contributed by atoms with Gasteiger partial charge in [-0.25, -0.2) is 19.4 Å². The Kier molecular flexibility index (Phi) is 6.58. The Morgan fingerprint density at radius 2 is 1.95 bits per heavy atom. The second-order valence-electron chi connectivity index (χ2n) is 11.6. The van der Waals surface area contributed by atoms with Crippen molar-refractivity contribution in [1.82, 2.24) is 15.0 Å². The number of rotatable bonds is 5. The van der Waals surface area contributed by atoms with Gasteiger partial charge >= 0.3 is 6.09 Å². The highest BCUT2D eigenvalue weighted by atomic mass is 32.1. The predicted octanol–water partition coefficient (Wildman–Crippen LogP) is 6.19. The summed E-state index contributed by atoms with van der Waals surface area (Å²) in [5, 5.41) is 25.8. The highest BCUT2D eigenvalue weighted by Gasteiger charge is 2.51. The van der Waals surface area contributed by atoms with E-state index < -0.39 is 17.2 Å². The second-order valence-corrected chi connectivity index (χ2v) is 12.6. The number of hydrogen-bond donors (Lipinski definition) is 3. The molecule has 9 heteroatoms. The van der Waals surface area contributed by atoms with Crippen molar-refractivity contribution in [3.05, 3.63) is 52.9 Å². The number of aliphatic hydroxyl groups is 1. The second kappa shape index (κ2) is 9.45. The summed E-state index contributed by atoms with van der Waals surface area (Å²) >= 11 is 1.48. The Hall–Kier alpha value is -2.88. The molecule has 3 aromatic rings. The molecule has 0 spiro atoms. The summed E-state index contributed by atoms with van der Waals surface area (Å²) in [5.41, 5.74) is 2.50. The lowest BCUT2D eigenvalue weighted by Crippen LogP contribution is -2.63. The Balaban J connectivity index is 1.38. The minimum atomic E-state index is -1.13. The summed E-state index contributed by atoms with van der Waals surface area (Å²) in [6.45, 7) is 8.79. The van der Waals surface area contributed by atoms with Gasteiger partial charge in [-0.05, 0) is 76.3 Å². The fourth-order valence-corrected chi connectivity index (χ4v) is 6.45. The van der Waals surface area contributed by atoms with Crippen LogP contribution in [-0.4, -0.2) is 54.4 Å². The van der Waals surface area contributed by atoms with Crippen LogP contribution in [0.3, 0.4) is 0 Å². The highest BCUT2D eigenvalue weighted by molar-refractivity contribution is 7.15. The van der Waals surface area contributed by atoms with Crippen molar-refractivity contribution < 1.29 is 19.5 Å². The lowest BCUT2D eigenvalue weighted by Gasteiger charge is -2.43. The van der Waals surface area contributed by atoms with Gasteiger partial charge in [-0.15, -0.1) is 11.3 Å². The average molecular weight is 523 g/mol. The fourth-order valence-electron chi connectivity index (χ4n) is 5.41. The van der Waals surface area contributed by atoms with Gasteiger partial charge in [0.15, 0.2) is 0 Å². The summed E-state index contributed by atoms with van der Waals surface area (Å²) in [4.78, 5) is 27.0. The molecule has 1 saturated carbocycles. The average Bonchev–Trinajstić information content (AvgIpc) is 3.59. The van der Waals surface area contributed by atoms with E-state index in [9.17, 15) is 15.0 Å². The van der Waals surface area contributed by atoms with E-state index in [4.69, 9.17) is 0 Å². The molecule has 5 rings (SSSR count). The van der Waals surface area contributed by atoms with Gasteiger partial charge in [0, 0.05) is 42.5 Å². The zero-order valence-electron chi connectivity index (χ0n) is 22.0. The molecule has 2 aliphatic rings. The number of nitrogens with zero attached hydrogens (tertiary/aromatic N) is 4. The number of carbonyl (C=O) groups is 1. The molecule has 2 fully saturated rings. The third-order valence-corrected chi connectivity index (χ3v) is 9.12. The zero-order chi connectivity index (χ0) is 26.4. The molecule has 1 aliphatic carbocycles. The third kappa shape index (κ3) is 5.12. The zero-order valence-corrected chi connectivity index (χ0v) is 22.8. The quantitative estimate of drug-likeness (QED) is 0.343. The van der Waals surface area contributed by atoms with Crippen LogP contribution in [0.4, 0.5) is 16.4 Å². The molecule has 1 amide bonds. The topological polar surface area (TPSA) is 108 Å². The fraction of sp³-hybridized carbons (Fsp3) is 0.500. The van der Waals surface area contributed by atoms with Crippen LogP contribution in [0.1, 0.15) is 75.1 Å². The first-order valence-corrected chi connectivity index (χ1v) is 13.8. The van der Waals surface area contributed by atoms with Crippen LogP contribution < -0.4 is 5.32 Å². The molecule has 2 atom stereocenters. The third-order valence-electron chi connectivity index (χ3n) is 7.88. The van der Waals surface area contributed by atoms with E-state index in [1.807, 2.05) is 40.0 Å². The number of benzene rings is 1. The number of quaternary nitrogens is 1. The number of likely N-dealkylation sites (tertiary alicyclic amines) is 1. The van der Waals surface area contributed by atoms with Gasteiger partial charge < -0.3 is 15.5 Å². The van der Waals surface area contributed by atoms with Crippen molar-refractivity contribution >= 4 is 29.1 Å². The first-order chi connectivity index (χ1) is 17.5. The first-order valence-electron chi connectivity index (χ1n) is 13.0. The molecule has 1 unspecified atom stereocenters. The number of thiazole rings is 1. The van der Waals surface area contributed by atoms with Gasteiger partial charge in [0.1, 0.15) is 16.1 Å². The van der Waals surface area contributed by atoms with Gasteiger partial charge in [0.05, 0.1) is 18.0 Å². The lowest BCUT2D eigenvalue weighted by molar-refractivity contribution is -0.903. The molecule has 2 aromatic heterocycles. The highest BCUT2D eigenvalue weighted by Crippen LogP contribution is 2.42. The van der Waals surface area contributed by atoms with E-state index in [1.54, 1.807) is 6.20 Å². The van der Waals surface area contributed by atoms with Crippen LogP contribution >= 0.6 is 11.3 Å². The molecule has 1 aromatic carbocycles. The smallest absolute Gasteiger partial charge is 0.435 e. The van der Waals surface area contributed by atoms with Crippen molar-refractivity contribution in [3.63, 3.8) is 0 Å². The van der Waals surface area contributed by atoms with Crippen molar-refractivity contribution in [3.8, 4) is 10.4 Å². The van der Waals surface area contributed by atoms with E-state index in [0.29, 0.717) is 49.2 Å². The van der Waals surface area contributed by atoms with Crippen LogP contribution in [0.15, 0.2) is 36.7 Å². The molecule has 0 radical (unpaired) electrons. The number of nitrogens with one attached hydrogen (secondary N) is 1. The Morgan fingerprint density at radius 1 is 1.16 bits per heavy atom. The van der Waals surface area contributed by atoms with E-state index >= 15 is 0 Å². The Labute approximate surface area is 222 Å². The van der Waals surface area contributed by atoms with E-state index in [1.165, 1.54) is 24.2 Å². The number of amides is 1. The van der Waals surface area contributed by atoms with Gasteiger partial charge in [0.2, 0.25) is 5.95 Å². The van der Waals surface area contributed by atoms with Crippen molar-refractivity contribution in [2.45, 2.75) is 76.9 Å². The monoisotopic (exact) mass is 522 g/mol. The van der Waals surface area contributed by atoms with Crippen LogP contribution in [0.5, 0.6) is 0 Å². The lowest BCUT2D eigenvalue weighted by atomic mass is 9.95. The van der Waals surface area contributed by atoms with Gasteiger partial charge in [-0.3, -0.25) is 0 Å². The molecule has 3 heterocycles. The van der Waals surface area contributed by atoms with Crippen molar-refractivity contribution in [2.75, 3.05) is 18.4 Å².